The second-order valence-electron chi connectivity index (χ2n) is 18.5. The van der Waals surface area contributed by atoms with Crippen LogP contribution >= 0.6 is 0 Å². The Bertz CT molecular complexity index is 1530. The van der Waals surface area contributed by atoms with Crippen molar-refractivity contribution in [3.63, 3.8) is 0 Å². The second-order valence-corrected chi connectivity index (χ2v) is 18.5. The number of ketones is 1. The molecule has 0 N–H and O–H groups in total. The molecule has 0 bridgehead atoms. The Morgan fingerprint density at radius 1 is 0.379 bits per heavy atom. The van der Waals surface area contributed by atoms with Crippen LogP contribution < -0.4 is 23.7 Å². The van der Waals surface area contributed by atoms with Gasteiger partial charge >= 0.3 is 0 Å². The van der Waals surface area contributed by atoms with Crippen LogP contribution in [0.1, 0.15) is 209 Å². The highest BCUT2D eigenvalue weighted by molar-refractivity contribution is 6.08. The first-order valence-electron chi connectivity index (χ1n) is 24.2. The predicted molar refractivity (Wildman–Crippen MR) is 231 cm³/mol. The summed E-state index contributed by atoms with van der Waals surface area (Å²) in [4.78, 5) is 14.5. The highest BCUT2D eigenvalue weighted by atomic mass is 16.6. The van der Waals surface area contributed by atoms with E-state index in [1.807, 2.05) is 30.3 Å². The summed E-state index contributed by atoms with van der Waals surface area (Å²) < 4.78 is 44.3. The third kappa shape index (κ3) is 11.1. The molecule has 0 atom stereocenters. The molecule has 8 rings (SSSR count). The van der Waals surface area contributed by atoms with Gasteiger partial charge in [0.25, 0.3) is 0 Å². The second kappa shape index (κ2) is 21.3. The molecule has 6 aliphatic rings. The highest BCUT2D eigenvalue weighted by Crippen LogP contribution is 2.59. The normalized spacial score (nSPS) is 22.9. The largest absolute Gasteiger partial charge is 0.489 e. The summed E-state index contributed by atoms with van der Waals surface area (Å²) in [5.41, 5.74) is 1.32. The lowest BCUT2D eigenvalue weighted by molar-refractivity contribution is 0.0840. The molecule has 58 heavy (non-hydrogen) atoms. The van der Waals surface area contributed by atoms with Crippen LogP contribution in [0.4, 0.5) is 0 Å². The van der Waals surface area contributed by atoms with Crippen molar-refractivity contribution in [2.24, 2.45) is 0 Å². The molecule has 6 saturated carbocycles. The summed E-state index contributed by atoms with van der Waals surface area (Å²) in [6.07, 6.45) is 34.7. The summed E-state index contributed by atoms with van der Waals surface area (Å²) >= 11 is 0. The van der Waals surface area contributed by atoms with E-state index in [2.05, 4.69) is 0 Å². The molecular weight excluding hydrogens is 725 g/mol. The van der Waals surface area contributed by atoms with E-state index in [0.29, 0.717) is 45.6 Å². The van der Waals surface area contributed by atoms with Gasteiger partial charge in [-0.05, 0) is 154 Å². The summed E-state index contributed by atoms with van der Waals surface area (Å²) in [6, 6.07) is 9.61. The lowest BCUT2D eigenvalue weighted by Crippen LogP contribution is -2.28. The third-order valence-electron chi connectivity index (χ3n) is 13.9. The summed E-state index contributed by atoms with van der Waals surface area (Å²) in [5, 5.41) is 0. The van der Waals surface area contributed by atoms with Crippen molar-refractivity contribution in [2.45, 2.75) is 229 Å². The summed E-state index contributed by atoms with van der Waals surface area (Å²) in [6.45, 7) is 0. The van der Waals surface area contributed by atoms with E-state index in [9.17, 15) is 4.79 Å². The Morgan fingerprint density at radius 2 is 0.672 bits per heavy atom. The SMILES string of the molecule is O=C(C=C(OC1CCCCC1)c1c(OC2CCCCC2)c(OC2CCCCC2)c(OC2CCCCC2)c(OC2CCCCC2)c1OC1CCCCC1)c1ccccc1. The first-order valence-corrected chi connectivity index (χ1v) is 24.2. The van der Waals surface area contributed by atoms with Crippen LogP contribution in [0.25, 0.3) is 5.76 Å². The van der Waals surface area contributed by atoms with Crippen molar-refractivity contribution < 1.29 is 33.2 Å². The molecule has 2 aromatic rings. The van der Waals surface area contributed by atoms with Gasteiger partial charge in [-0.2, -0.15) is 0 Å². The van der Waals surface area contributed by atoms with E-state index in [0.717, 1.165) is 154 Å². The number of hydrogen-bond donors (Lipinski definition) is 0. The lowest BCUT2D eigenvalue weighted by Gasteiger charge is -2.36. The number of ether oxygens (including phenoxy) is 6. The Kier molecular flexibility index (Phi) is 15.2. The van der Waals surface area contributed by atoms with Crippen molar-refractivity contribution in [1.29, 1.82) is 0 Å². The number of carbonyl (C=O) groups excluding carboxylic acids is 1. The molecule has 6 aliphatic carbocycles. The molecule has 0 saturated heterocycles. The van der Waals surface area contributed by atoms with Crippen molar-refractivity contribution in [3.05, 3.63) is 47.5 Å². The zero-order valence-electron chi connectivity index (χ0n) is 35.5. The first kappa shape index (κ1) is 41.4. The fraction of sp³-hybridized carbons (Fsp3) is 0.706. The van der Waals surface area contributed by atoms with E-state index in [4.69, 9.17) is 28.4 Å². The molecule has 0 spiro atoms. The molecular formula is C51H72O7. The quantitative estimate of drug-likeness (QED) is 0.101. The molecule has 0 unspecified atom stereocenters. The Balaban J connectivity index is 1.39. The molecule has 0 aromatic heterocycles. The monoisotopic (exact) mass is 797 g/mol. The van der Waals surface area contributed by atoms with Gasteiger partial charge in [-0.25, -0.2) is 0 Å². The molecule has 0 radical (unpaired) electrons. The van der Waals surface area contributed by atoms with Crippen molar-refractivity contribution in [1.82, 2.24) is 0 Å². The molecule has 6 fully saturated rings. The maximum Gasteiger partial charge on any atom is 0.211 e. The molecule has 0 heterocycles. The number of allylic oxidation sites excluding steroid dienone is 1. The van der Waals surface area contributed by atoms with Crippen LogP contribution in [-0.4, -0.2) is 42.4 Å². The van der Waals surface area contributed by atoms with Crippen molar-refractivity contribution in [2.75, 3.05) is 0 Å². The van der Waals surface area contributed by atoms with Crippen LogP contribution in [0.2, 0.25) is 0 Å². The zero-order chi connectivity index (χ0) is 39.4. The van der Waals surface area contributed by atoms with E-state index in [1.54, 1.807) is 6.08 Å². The van der Waals surface area contributed by atoms with Gasteiger partial charge < -0.3 is 28.4 Å². The van der Waals surface area contributed by atoms with Gasteiger partial charge in [-0.3, -0.25) is 4.79 Å². The summed E-state index contributed by atoms with van der Waals surface area (Å²) in [7, 11) is 0. The molecule has 0 amide bonds. The Morgan fingerprint density at radius 3 is 1.02 bits per heavy atom. The molecule has 7 nitrogen and oxygen atoms in total. The molecule has 0 aliphatic heterocycles. The Labute approximate surface area is 349 Å². The topological polar surface area (TPSA) is 72.5 Å². The number of hydrogen-bond acceptors (Lipinski definition) is 7. The molecule has 318 valence electrons. The first-order chi connectivity index (χ1) is 28.7. The van der Waals surface area contributed by atoms with Crippen LogP contribution in [0.3, 0.4) is 0 Å². The average Bonchev–Trinajstić information content (AvgIpc) is 3.28. The maximum absolute atomic E-state index is 14.5. The smallest absolute Gasteiger partial charge is 0.211 e. The Hall–Kier alpha value is -3.35. The summed E-state index contributed by atoms with van der Waals surface area (Å²) in [5.74, 6) is 3.64. The standard InChI is InChI=1S/C51H72O7/c52-44(37-22-8-1-9-23-37)36-45(53-38-24-10-2-11-25-38)46-47(54-39-26-12-3-13-27-39)49(56-41-30-16-5-17-31-41)51(58-43-34-20-7-21-35-43)50(57-42-32-18-6-19-33-42)48(46)55-40-28-14-4-15-29-40/h1,8-9,22-23,36,38-43H,2-7,10-21,24-35H2. The van der Waals surface area contributed by atoms with Crippen LogP contribution in [0, 0.1) is 0 Å². The highest BCUT2D eigenvalue weighted by Gasteiger charge is 2.39. The van der Waals surface area contributed by atoms with E-state index >= 15 is 0 Å². The van der Waals surface area contributed by atoms with Crippen molar-refractivity contribution >= 4 is 11.5 Å². The van der Waals surface area contributed by atoms with Gasteiger partial charge in [0.05, 0.1) is 36.6 Å². The van der Waals surface area contributed by atoms with Gasteiger partial charge in [0.1, 0.15) is 11.3 Å². The maximum atomic E-state index is 14.5. The predicted octanol–water partition coefficient (Wildman–Crippen LogP) is 13.8. The minimum Gasteiger partial charge on any atom is -0.489 e. The van der Waals surface area contributed by atoms with Crippen LogP contribution in [0.15, 0.2) is 36.4 Å². The molecule has 2 aromatic carbocycles. The number of rotatable bonds is 15. The van der Waals surface area contributed by atoms with E-state index < -0.39 is 0 Å². The van der Waals surface area contributed by atoms with E-state index in [1.165, 1.54) is 38.5 Å². The third-order valence-corrected chi connectivity index (χ3v) is 13.9. The minimum absolute atomic E-state index is 0.0112. The fourth-order valence-electron chi connectivity index (χ4n) is 10.5. The van der Waals surface area contributed by atoms with Gasteiger partial charge in [0.2, 0.25) is 17.2 Å². The van der Waals surface area contributed by atoms with Gasteiger partial charge in [-0.15, -0.1) is 0 Å². The minimum atomic E-state index is -0.0920. The molecule has 7 heteroatoms. The van der Waals surface area contributed by atoms with Gasteiger partial charge in [0, 0.05) is 11.6 Å². The van der Waals surface area contributed by atoms with Crippen LogP contribution in [0.5, 0.6) is 28.7 Å². The lowest BCUT2D eigenvalue weighted by atomic mass is 9.95. The van der Waals surface area contributed by atoms with E-state index in [-0.39, 0.29) is 42.4 Å². The van der Waals surface area contributed by atoms with Crippen LogP contribution in [-0.2, 0) is 4.74 Å². The van der Waals surface area contributed by atoms with Gasteiger partial charge in [-0.1, -0.05) is 68.9 Å². The van der Waals surface area contributed by atoms with Gasteiger partial charge in [0.15, 0.2) is 17.3 Å². The average molecular weight is 797 g/mol. The fourth-order valence-corrected chi connectivity index (χ4v) is 10.5. The van der Waals surface area contributed by atoms with Crippen molar-refractivity contribution in [3.8, 4) is 28.7 Å². The number of benzene rings is 2. The zero-order valence-corrected chi connectivity index (χ0v) is 35.5. The number of carbonyl (C=O) groups is 1.